The number of ketones is 1. The maximum Gasteiger partial charge on any atom is 0.195 e. The lowest BCUT2D eigenvalue weighted by molar-refractivity contribution is 0.104. The summed E-state index contributed by atoms with van der Waals surface area (Å²) in [5, 5.41) is 0.951. The maximum atomic E-state index is 13.8. The molecule has 180 valence electrons. The summed E-state index contributed by atoms with van der Waals surface area (Å²) in [5.74, 6) is 1.60. The van der Waals surface area contributed by atoms with Gasteiger partial charge in [-0.1, -0.05) is 30.3 Å². The minimum absolute atomic E-state index is 0.0178. The van der Waals surface area contributed by atoms with Crippen LogP contribution in [0.25, 0.3) is 20.5 Å². The summed E-state index contributed by atoms with van der Waals surface area (Å²) in [6.45, 7) is 5.93. The van der Waals surface area contributed by atoms with Crippen LogP contribution in [0.15, 0.2) is 72.8 Å². The Balaban J connectivity index is 1.36. The second kappa shape index (κ2) is 10.6. The smallest absolute Gasteiger partial charge is 0.195 e. The summed E-state index contributed by atoms with van der Waals surface area (Å²) in [7, 11) is 3.82. The first kappa shape index (κ1) is 23.5. The molecule has 0 bridgehead atoms. The average molecular weight is 487 g/mol. The van der Waals surface area contributed by atoms with Crippen molar-refractivity contribution in [2.45, 2.75) is 0 Å². The summed E-state index contributed by atoms with van der Waals surface area (Å²) >= 11 is 1.62. The number of carbonyl (C=O) groups is 1. The standard InChI is InChI=1S/C29H30N2O3S/c1-30-14-16-31(17-15-30)18-19-34-23-10-8-21(9-11-23)28(32)27-25-13-12-24(33-2)20-26(25)35-29(27)22-6-4-3-5-7-22/h3-13,20H,14-19H2,1-2H3. The monoisotopic (exact) mass is 486 g/mol. The molecule has 1 aliphatic heterocycles. The van der Waals surface area contributed by atoms with Crippen LogP contribution in [-0.4, -0.2) is 69.1 Å². The van der Waals surface area contributed by atoms with Gasteiger partial charge in [0.05, 0.1) is 7.11 Å². The number of benzene rings is 3. The molecular weight excluding hydrogens is 456 g/mol. The van der Waals surface area contributed by atoms with Crippen LogP contribution in [0.4, 0.5) is 0 Å². The van der Waals surface area contributed by atoms with Crippen molar-refractivity contribution < 1.29 is 14.3 Å². The second-order valence-electron chi connectivity index (χ2n) is 8.88. The lowest BCUT2D eigenvalue weighted by Gasteiger charge is -2.32. The molecule has 0 radical (unpaired) electrons. The number of fused-ring (bicyclic) bond motifs is 1. The summed E-state index contributed by atoms with van der Waals surface area (Å²) in [6, 6.07) is 23.5. The lowest BCUT2D eigenvalue weighted by Crippen LogP contribution is -2.45. The molecule has 5 nitrogen and oxygen atoms in total. The number of carbonyl (C=O) groups excluding carboxylic acids is 1. The van der Waals surface area contributed by atoms with Crippen molar-refractivity contribution in [3.63, 3.8) is 0 Å². The Bertz CT molecular complexity index is 1290. The summed E-state index contributed by atoms with van der Waals surface area (Å²) < 4.78 is 12.4. The number of piperazine rings is 1. The predicted molar refractivity (Wildman–Crippen MR) is 143 cm³/mol. The molecule has 6 heteroatoms. The maximum absolute atomic E-state index is 13.8. The molecule has 35 heavy (non-hydrogen) atoms. The van der Waals surface area contributed by atoms with Gasteiger partial charge in [-0.3, -0.25) is 9.69 Å². The molecular formula is C29H30N2O3S. The molecule has 5 rings (SSSR count). The van der Waals surface area contributed by atoms with Crippen LogP contribution in [0.1, 0.15) is 15.9 Å². The number of ether oxygens (including phenoxy) is 2. The highest BCUT2D eigenvalue weighted by Crippen LogP contribution is 2.41. The molecule has 3 aromatic carbocycles. The lowest BCUT2D eigenvalue weighted by atomic mass is 9.97. The molecule has 1 aliphatic rings. The molecule has 4 aromatic rings. The third-order valence-electron chi connectivity index (χ3n) is 6.55. The molecule has 0 atom stereocenters. The van der Waals surface area contributed by atoms with Crippen LogP contribution < -0.4 is 9.47 Å². The highest BCUT2D eigenvalue weighted by molar-refractivity contribution is 7.22. The Morgan fingerprint density at radius 3 is 2.34 bits per heavy atom. The molecule has 0 aliphatic carbocycles. The van der Waals surface area contributed by atoms with Gasteiger partial charge in [-0.2, -0.15) is 0 Å². The van der Waals surface area contributed by atoms with Crippen molar-refractivity contribution in [2.24, 2.45) is 0 Å². The molecule has 0 spiro atoms. The van der Waals surface area contributed by atoms with Crippen molar-refractivity contribution in [1.82, 2.24) is 9.80 Å². The summed E-state index contributed by atoms with van der Waals surface area (Å²) in [4.78, 5) is 19.5. The highest BCUT2D eigenvalue weighted by Gasteiger charge is 2.22. The third-order valence-corrected chi connectivity index (χ3v) is 7.75. The van der Waals surface area contributed by atoms with E-state index in [-0.39, 0.29) is 5.78 Å². The SMILES string of the molecule is COc1ccc2c(C(=O)c3ccc(OCCN4CCN(C)CC4)cc3)c(-c3ccccc3)sc2c1. The van der Waals surface area contributed by atoms with E-state index in [9.17, 15) is 4.79 Å². The number of thiophene rings is 1. The van der Waals surface area contributed by atoms with Crippen LogP contribution in [0.3, 0.4) is 0 Å². The summed E-state index contributed by atoms with van der Waals surface area (Å²) in [6.07, 6.45) is 0. The first-order valence-electron chi connectivity index (χ1n) is 12.0. The fourth-order valence-electron chi connectivity index (χ4n) is 4.43. The van der Waals surface area contributed by atoms with Crippen molar-refractivity contribution in [3.05, 3.63) is 83.9 Å². The second-order valence-corrected chi connectivity index (χ2v) is 9.93. The van der Waals surface area contributed by atoms with Gasteiger partial charge >= 0.3 is 0 Å². The first-order chi connectivity index (χ1) is 17.1. The third kappa shape index (κ3) is 5.25. The molecule has 1 fully saturated rings. The number of rotatable bonds is 8. The Hall–Kier alpha value is -3.19. The molecule has 0 unspecified atom stereocenters. The minimum Gasteiger partial charge on any atom is -0.497 e. The molecule has 1 saturated heterocycles. The van der Waals surface area contributed by atoms with Gasteiger partial charge in [0.15, 0.2) is 5.78 Å². The Morgan fingerprint density at radius 2 is 1.63 bits per heavy atom. The predicted octanol–water partition coefficient (Wildman–Crippen LogP) is 5.43. The van der Waals surface area contributed by atoms with E-state index in [1.54, 1.807) is 18.4 Å². The highest BCUT2D eigenvalue weighted by atomic mass is 32.1. The minimum atomic E-state index is 0.0178. The fraction of sp³-hybridized carbons (Fsp3) is 0.276. The van der Waals surface area contributed by atoms with E-state index in [2.05, 4.69) is 29.0 Å². The number of nitrogens with zero attached hydrogens (tertiary/aromatic N) is 2. The molecule has 0 amide bonds. The van der Waals surface area contributed by atoms with E-state index in [1.807, 2.05) is 60.7 Å². The molecule has 2 heterocycles. The van der Waals surface area contributed by atoms with E-state index in [4.69, 9.17) is 9.47 Å². The zero-order valence-electron chi connectivity index (χ0n) is 20.2. The van der Waals surface area contributed by atoms with Gasteiger partial charge in [-0.05, 0) is 55.1 Å². The molecule has 1 aromatic heterocycles. The van der Waals surface area contributed by atoms with Crippen molar-refractivity contribution in [2.75, 3.05) is 53.5 Å². The van der Waals surface area contributed by atoms with E-state index in [0.29, 0.717) is 12.2 Å². The van der Waals surface area contributed by atoms with Gasteiger partial charge in [-0.15, -0.1) is 11.3 Å². The van der Waals surface area contributed by atoms with Crippen molar-refractivity contribution in [3.8, 4) is 21.9 Å². The van der Waals surface area contributed by atoms with Gasteiger partial charge < -0.3 is 14.4 Å². The van der Waals surface area contributed by atoms with E-state index >= 15 is 0 Å². The summed E-state index contributed by atoms with van der Waals surface area (Å²) in [5.41, 5.74) is 2.44. The van der Waals surface area contributed by atoms with Crippen LogP contribution >= 0.6 is 11.3 Å². The van der Waals surface area contributed by atoms with Gasteiger partial charge in [0, 0.05) is 58.8 Å². The van der Waals surface area contributed by atoms with Crippen LogP contribution in [0.2, 0.25) is 0 Å². The topological polar surface area (TPSA) is 42.0 Å². The Labute approximate surface area is 210 Å². The van der Waals surface area contributed by atoms with E-state index in [1.165, 1.54) is 0 Å². The zero-order valence-corrected chi connectivity index (χ0v) is 21.0. The Morgan fingerprint density at radius 1 is 0.914 bits per heavy atom. The number of hydrogen-bond donors (Lipinski definition) is 0. The van der Waals surface area contributed by atoms with Crippen molar-refractivity contribution >= 4 is 27.2 Å². The van der Waals surface area contributed by atoms with Gasteiger partial charge in [0.1, 0.15) is 18.1 Å². The molecule has 0 N–H and O–H groups in total. The fourth-order valence-corrected chi connectivity index (χ4v) is 5.67. The number of likely N-dealkylation sites (N-methyl/N-ethyl adjacent to an activating group) is 1. The van der Waals surface area contributed by atoms with Crippen LogP contribution in [0.5, 0.6) is 11.5 Å². The van der Waals surface area contributed by atoms with E-state index < -0.39 is 0 Å². The van der Waals surface area contributed by atoms with Crippen LogP contribution in [-0.2, 0) is 0 Å². The quantitative estimate of drug-likeness (QED) is 0.311. The number of methoxy groups -OCH3 is 1. The zero-order chi connectivity index (χ0) is 24.2. The average Bonchev–Trinajstić information content (AvgIpc) is 3.29. The van der Waals surface area contributed by atoms with Crippen molar-refractivity contribution in [1.29, 1.82) is 0 Å². The van der Waals surface area contributed by atoms with E-state index in [0.717, 1.165) is 70.3 Å². The number of hydrogen-bond acceptors (Lipinski definition) is 6. The van der Waals surface area contributed by atoms with Gasteiger partial charge in [0.25, 0.3) is 0 Å². The van der Waals surface area contributed by atoms with Gasteiger partial charge in [0.2, 0.25) is 0 Å². The molecule has 0 saturated carbocycles. The first-order valence-corrected chi connectivity index (χ1v) is 12.8. The largest absolute Gasteiger partial charge is 0.497 e. The normalized spacial score (nSPS) is 14.8. The van der Waals surface area contributed by atoms with Crippen LogP contribution in [0, 0.1) is 0 Å². The Kier molecular flexibility index (Phi) is 7.13. The van der Waals surface area contributed by atoms with Gasteiger partial charge in [-0.25, -0.2) is 0 Å².